The molecule has 1 rings (SSSR count). The largest absolute Gasteiger partial charge is 0.419 e. The van der Waals surface area contributed by atoms with Gasteiger partial charge in [-0.05, 0) is 17.7 Å². The molecule has 0 radical (unpaired) electrons. The lowest BCUT2D eigenvalue weighted by atomic mass is 10.0. The van der Waals surface area contributed by atoms with Crippen molar-refractivity contribution in [1.29, 1.82) is 0 Å². The number of alkyl halides is 3. The van der Waals surface area contributed by atoms with Gasteiger partial charge >= 0.3 is 6.18 Å². The van der Waals surface area contributed by atoms with Crippen LogP contribution in [-0.2, 0) is 6.18 Å². The molecular formula is C11H10F4N2. The van der Waals surface area contributed by atoms with Crippen molar-refractivity contribution in [3.63, 3.8) is 0 Å². The number of nitrogens with two attached hydrogens (primary N) is 1. The Balaban J connectivity index is 3.17. The highest BCUT2D eigenvalue weighted by Gasteiger charge is 2.34. The molecule has 6 heteroatoms. The first-order valence-corrected chi connectivity index (χ1v) is 4.66. The topological polar surface area (TPSA) is 38.0 Å². The monoisotopic (exact) mass is 246 g/mol. The molecule has 0 amide bonds. The Kier molecular flexibility index (Phi) is 4.10. The number of hydrogen-bond donors (Lipinski definition) is 2. The van der Waals surface area contributed by atoms with Crippen LogP contribution in [0.25, 0.3) is 0 Å². The predicted molar refractivity (Wildman–Crippen MR) is 54.9 cm³/mol. The van der Waals surface area contributed by atoms with Crippen molar-refractivity contribution < 1.29 is 17.6 Å². The average Bonchev–Trinajstić information content (AvgIpc) is 2.25. The number of halogens is 4. The summed E-state index contributed by atoms with van der Waals surface area (Å²) in [6, 6.07) is 2.03. The smallest absolute Gasteiger partial charge is 0.271 e. The Morgan fingerprint density at radius 2 is 2.06 bits per heavy atom. The standard InChI is InChI=1S/C11H10F4N2/c1-2-3-10(17-16)7-4-5-9(12)8(6-7)11(13,14)15/h1,4-6,10,17H,3,16H2. The van der Waals surface area contributed by atoms with Crippen molar-refractivity contribution in [1.82, 2.24) is 5.43 Å². The zero-order valence-corrected chi connectivity index (χ0v) is 8.68. The lowest BCUT2D eigenvalue weighted by Gasteiger charge is -2.16. The van der Waals surface area contributed by atoms with Crippen molar-refractivity contribution >= 4 is 0 Å². The van der Waals surface area contributed by atoms with E-state index in [0.717, 1.165) is 6.07 Å². The Hall–Kier alpha value is -1.58. The molecule has 0 bridgehead atoms. The first-order valence-electron chi connectivity index (χ1n) is 4.66. The predicted octanol–water partition coefficient (Wildman–Crippen LogP) is 2.37. The van der Waals surface area contributed by atoms with Crippen LogP contribution in [0.4, 0.5) is 17.6 Å². The van der Waals surface area contributed by atoms with E-state index >= 15 is 0 Å². The summed E-state index contributed by atoms with van der Waals surface area (Å²) in [4.78, 5) is 0. The van der Waals surface area contributed by atoms with Gasteiger partial charge in [0, 0.05) is 6.42 Å². The van der Waals surface area contributed by atoms with Crippen molar-refractivity contribution in [3.8, 4) is 12.3 Å². The summed E-state index contributed by atoms with van der Waals surface area (Å²) in [5, 5.41) is 0. The molecule has 0 aliphatic carbocycles. The third-order valence-electron chi connectivity index (χ3n) is 2.22. The van der Waals surface area contributed by atoms with Crippen molar-refractivity contribution in [2.24, 2.45) is 5.84 Å². The molecule has 0 aliphatic rings. The highest BCUT2D eigenvalue weighted by Crippen LogP contribution is 2.33. The summed E-state index contributed by atoms with van der Waals surface area (Å²) in [6.07, 6.45) is 0.424. The third kappa shape index (κ3) is 3.19. The Labute approximate surface area is 95.8 Å². The molecule has 1 aromatic rings. The number of nitrogens with one attached hydrogen (secondary N) is 1. The van der Waals surface area contributed by atoms with Crippen molar-refractivity contribution in [2.75, 3.05) is 0 Å². The number of hydrogen-bond acceptors (Lipinski definition) is 2. The lowest BCUT2D eigenvalue weighted by molar-refractivity contribution is -0.140. The molecule has 1 atom stereocenters. The molecule has 0 saturated heterocycles. The fourth-order valence-corrected chi connectivity index (χ4v) is 1.37. The van der Waals surface area contributed by atoms with Gasteiger partial charge in [-0.3, -0.25) is 11.3 Å². The highest BCUT2D eigenvalue weighted by molar-refractivity contribution is 5.30. The average molecular weight is 246 g/mol. The molecule has 2 nitrogen and oxygen atoms in total. The van der Waals surface area contributed by atoms with E-state index < -0.39 is 23.6 Å². The maximum absolute atomic E-state index is 13.0. The molecule has 0 heterocycles. The van der Waals surface area contributed by atoms with Gasteiger partial charge in [0.05, 0.1) is 11.6 Å². The van der Waals surface area contributed by atoms with E-state index in [9.17, 15) is 17.6 Å². The van der Waals surface area contributed by atoms with Gasteiger partial charge in [0.1, 0.15) is 5.82 Å². The summed E-state index contributed by atoms with van der Waals surface area (Å²) in [6.45, 7) is 0. The molecule has 92 valence electrons. The highest BCUT2D eigenvalue weighted by atomic mass is 19.4. The zero-order chi connectivity index (χ0) is 13.1. The van der Waals surface area contributed by atoms with E-state index in [1.54, 1.807) is 0 Å². The van der Waals surface area contributed by atoms with Crippen molar-refractivity contribution in [3.05, 3.63) is 35.1 Å². The second kappa shape index (κ2) is 5.17. The maximum Gasteiger partial charge on any atom is 0.419 e. The van der Waals surface area contributed by atoms with Crippen LogP contribution in [0.5, 0.6) is 0 Å². The number of rotatable bonds is 3. The van der Waals surface area contributed by atoms with E-state index in [1.807, 2.05) is 0 Å². The zero-order valence-electron chi connectivity index (χ0n) is 8.68. The van der Waals surface area contributed by atoms with Gasteiger partial charge in [0.15, 0.2) is 0 Å². The van der Waals surface area contributed by atoms with Crippen LogP contribution in [0.3, 0.4) is 0 Å². The first-order chi connectivity index (χ1) is 7.90. The second-order valence-corrected chi connectivity index (χ2v) is 3.36. The minimum Gasteiger partial charge on any atom is -0.271 e. The molecular weight excluding hydrogens is 236 g/mol. The molecule has 3 N–H and O–H groups in total. The van der Waals surface area contributed by atoms with Gasteiger partial charge in [-0.2, -0.15) is 13.2 Å². The Morgan fingerprint density at radius 3 is 2.53 bits per heavy atom. The van der Waals surface area contributed by atoms with Crippen LogP contribution >= 0.6 is 0 Å². The lowest BCUT2D eigenvalue weighted by Crippen LogP contribution is -2.28. The van der Waals surface area contributed by atoms with Gasteiger partial charge in [0.25, 0.3) is 0 Å². The minimum absolute atomic E-state index is 0.111. The fraction of sp³-hybridized carbons (Fsp3) is 0.273. The molecule has 0 aliphatic heterocycles. The first kappa shape index (κ1) is 13.5. The molecule has 0 fully saturated rings. The van der Waals surface area contributed by atoms with Crippen LogP contribution < -0.4 is 11.3 Å². The van der Waals surface area contributed by atoms with Gasteiger partial charge in [0.2, 0.25) is 0 Å². The molecule has 0 spiro atoms. The number of benzene rings is 1. The molecule has 0 aromatic heterocycles. The van der Waals surface area contributed by atoms with E-state index in [0.29, 0.717) is 6.07 Å². The maximum atomic E-state index is 13.0. The summed E-state index contributed by atoms with van der Waals surface area (Å²) >= 11 is 0. The summed E-state index contributed by atoms with van der Waals surface area (Å²) in [5.74, 6) is 6.12. The second-order valence-electron chi connectivity index (χ2n) is 3.36. The van der Waals surface area contributed by atoms with Crippen LogP contribution in [0.15, 0.2) is 18.2 Å². The van der Waals surface area contributed by atoms with E-state index in [2.05, 4.69) is 11.3 Å². The Morgan fingerprint density at radius 1 is 1.41 bits per heavy atom. The van der Waals surface area contributed by atoms with Gasteiger partial charge in [-0.25, -0.2) is 4.39 Å². The minimum atomic E-state index is -4.74. The van der Waals surface area contributed by atoms with Crippen LogP contribution in [0, 0.1) is 18.2 Å². The molecule has 1 aromatic carbocycles. The SMILES string of the molecule is C#CCC(NN)c1ccc(F)c(C(F)(F)F)c1. The third-order valence-corrected chi connectivity index (χ3v) is 2.22. The van der Waals surface area contributed by atoms with Crippen molar-refractivity contribution in [2.45, 2.75) is 18.6 Å². The van der Waals surface area contributed by atoms with E-state index in [4.69, 9.17) is 12.3 Å². The fourth-order valence-electron chi connectivity index (χ4n) is 1.37. The summed E-state index contributed by atoms with van der Waals surface area (Å²) in [5.41, 5.74) is 1.15. The molecule has 17 heavy (non-hydrogen) atoms. The van der Waals surface area contributed by atoms with Gasteiger partial charge < -0.3 is 0 Å². The molecule has 0 saturated carbocycles. The van der Waals surface area contributed by atoms with Crippen LogP contribution in [0.2, 0.25) is 0 Å². The normalized spacial score (nSPS) is 13.2. The number of terminal acetylenes is 1. The van der Waals surface area contributed by atoms with Gasteiger partial charge in [-0.1, -0.05) is 6.07 Å². The molecule has 1 unspecified atom stereocenters. The van der Waals surface area contributed by atoms with E-state index in [1.165, 1.54) is 6.07 Å². The van der Waals surface area contributed by atoms with E-state index in [-0.39, 0.29) is 12.0 Å². The van der Waals surface area contributed by atoms with Crippen LogP contribution in [-0.4, -0.2) is 0 Å². The van der Waals surface area contributed by atoms with Gasteiger partial charge in [-0.15, -0.1) is 12.3 Å². The quantitative estimate of drug-likeness (QED) is 0.372. The summed E-state index contributed by atoms with van der Waals surface area (Å²) < 4.78 is 50.4. The van der Waals surface area contributed by atoms with Crippen LogP contribution in [0.1, 0.15) is 23.6 Å². The number of hydrazine groups is 1. The Bertz CT molecular complexity index is 434. The summed E-state index contributed by atoms with van der Waals surface area (Å²) in [7, 11) is 0.